The molecule has 0 spiro atoms. The topological polar surface area (TPSA) is 103 Å². The number of benzene rings is 2. The summed E-state index contributed by atoms with van der Waals surface area (Å²) >= 11 is 0. The van der Waals surface area contributed by atoms with E-state index in [1.165, 1.54) is 6.92 Å². The molecular weight excluding hydrogens is 370 g/mol. The van der Waals surface area contributed by atoms with E-state index in [0.29, 0.717) is 22.8 Å². The first kappa shape index (κ1) is 18.5. The van der Waals surface area contributed by atoms with Gasteiger partial charge in [0.05, 0.1) is 30.3 Å². The summed E-state index contributed by atoms with van der Waals surface area (Å²) in [6.07, 6.45) is 0. The summed E-state index contributed by atoms with van der Waals surface area (Å²) in [5.41, 5.74) is 3.42. The zero-order chi connectivity index (χ0) is 20.7. The fourth-order valence-corrected chi connectivity index (χ4v) is 3.49. The van der Waals surface area contributed by atoms with Crippen molar-refractivity contribution in [3.8, 4) is 5.75 Å². The van der Waals surface area contributed by atoms with Gasteiger partial charge in [0.25, 0.3) is 0 Å². The van der Waals surface area contributed by atoms with Crippen LogP contribution in [-0.4, -0.2) is 40.1 Å². The van der Waals surface area contributed by atoms with Gasteiger partial charge in [-0.3, -0.25) is 10.2 Å². The highest BCUT2D eigenvalue weighted by atomic mass is 16.5. The van der Waals surface area contributed by atoms with Gasteiger partial charge in [-0.05, 0) is 36.4 Å². The number of carbonyl (C=O) groups excluding carboxylic acids is 1. The van der Waals surface area contributed by atoms with Gasteiger partial charge in [0.2, 0.25) is 5.91 Å². The number of anilines is 2. The maximum Gasteiger partial charge on any atom is 0.221 e. The molecule has 3 aromatic rings. The molecule has 3 N–H and O–H groups in total. The van der Waals surface area contributed by atoms with Gasteiger partial charge in [0.1, 0.15) is 23.2 Å². The van der Waals surface area contributed by atoms with Crippen molar-refractivity contribution in [2.75, 3.05) is 23.9 Å². The fourth-order valence-electron chi connectivity index (χ4n) is 3.49. The lowest BCUT2D eigenvalue weighted by Crippen LogP contribution is -2.26. The number of nitrogens with zero attached hydrogens (tertiary/aromatic N) is 3. The molecule has 29 heavy (non-hydrogen) atoms. The second-order valence-corrected chi connectivity index (χ2v) is 6.83. The average molecular weight is 391 g/mol. The first-order valence-corrected chi connectivity index (χ1v) is 9.06. The maximum absolute atomic E-state index is 11.2. The highest BCUT2D eigenvalue weighted by Crippen LogP contribution is 2.33. The van der Waals surface area contributed by atoms with E-state index in [1.54, 1.807) is 36.3 Å². The zero-order valence-corrected chi connectivity index (χ0v) is 16.4. The highest BCUT2D eigenvalue weighted by molar-refractivity contribution is 6.30. The van der Waals surface area contributed by atoms with Gasteiger partial charge < -0.3 is 24.6 Å². The lowest BCUT2D eigenvalue weighted by molar-refractivity contribution is -0.114. The van der Waals surface area contributed by atoms with E-state index >= 15 is 0 Å². The van der Waals surface area contributed by atoms with Crippen molar-refractivity contribution in [3.05, 3.63) is 54.0 Å². The van der Waals surface area contributed by atoms with Gasteiger partial charge in [-0.2, -0.15) is 0 Å². The van der Waals surface area contributed by atoms with Gasteiger partial charge in [-0.15, -0.1) is 0 Å². The third kappa shape index (κ3) is 3.18. The Hall–Kier alpha value is -3.81. The Morgan fingerprint density at radius 1 is 1.24 bits per heavy atom. The van der Waals surface area contributed by atoms with Gasteiger partial charge in [0, 0.05) is 31.4 Å². The second-order valence-electron chi connectivity index (χ2n) is 6.83. The molecule has 0 fully saturated rings. The van der Waals surface area contributed by atoms with Crippen molar-refractivity contribution in [2.45, 2.75) is 6.92 Å². The molecule has 0 aliphatic carbocycles. The lowest BCUT2D eigenvalue weighted by atomic mass is 10.2. The summed E-state index contributed by atoms with van der Waals surface area (Å²) in [6, 6.07) is 12.7. The SMILES string of the molecule is COc1ccc2c(c1)nc(C1=C(O)CN(c3ccc(NC(C)=O)cc3)C1=N)n2C. The van der Waals surface area contributed by atoms with Crippen LogP contribution < -0.4 is 15.0 Å². The monoisotopic (exact) mass is 391 g/mol. The Bertz CT molecular complexity index is 1160. The Kier molecular flexibility index (Phi) is 4.46. The van der Waals surface area contributed by atoms with Crippen molar-refractivity contribution in [1.29, 1.82) is 5.41 Å². The number of amidine groups is 1. The van der Waals surface area contributed by atoms with Crippen LogP contribution in [0, 0.1) is 5.41 Å². The Labute approximate surface area is 167 Å². The average Bonchev–Trinajstić information content (AvgIpc) is 3.17. The zero-order valence-electron chi connectivity index (χ0n) is 16.4. The molecule has 1 aliphatic rings. The van der Waals surface area contributed by atoms with E-state index in [4.69, 9.17) is 10.1 Å². The number of rotatable bonds is 4. The van der Waals surface area contributed by atoms with Crippen LogP contribution in [0.15, 0.2) is 48.2 Å². The summed E-state index contributed by atoms with van der Waals surface area (Å²) in [5, 5.41) is 22.0. The Morgan fingerprint density at radius 3 is 2.62 bits per heavy atom. The summed E-state index contributed by atoms with van der Waals surface area (Å²) in [6.45, 7) is 1.63. The predicted octanol–water partition coefficient (Wildman–Crippen LogP) is 3.31. The molecule has 8 heteroatoms. The third-order valence-electron chi connectivity index (χ3n) is 4.91. The molecule has 1 aromatic heterocycles. The number of fused-ring (bicyclic) bond motifs is 1. The summed E-state index contributed by atoms with van der Waals surface area (Å²) in [7, 11) is 3.46. The van der Waals surface area contributed by atoms with Crippen molar-refractivity contribution >= 4 is 39.7 Å². The van der Waals surface area contributed by atoms with Crippen LogP contribution in [0.3, 0.4) is 0 Å². The molecule has 1 aliphatic heterocycles. The Balaban J connectivity index is 1.67. The summed E-state index contributed by atoms with van der Waals surface area (Å²) < 4.78 is 7.12. The first-order chi connectivity index (χ1) is 13.9. The molecule has 148 valence electrons. The van der Waals surface area contributed by atoms with E-state index in [9.17, 15) is 9.90 Å². The number of aryl methyl sites for hydroxylation is 1. The van der Waals surface area contributed by atoms with Gasteiger partial charge in [0.15, 0.2) is 0 Å². The number of carbonyl (C=O) groups is 1. The molecule has 2 heterocycles. The standard InChI is InChI=1S/C21H21N5O3/c1-12(27)23-13-4-6-14(7-5-13)26-11-18(28)19(20(26)22)21-24-16-10-15(29-3)8-9-17(16)25(21)2/h4-10,22,28H,11H2,1-3H3,(H,23,27). The molecule has 0 atom stereocenters. The van der Waals surface area contributed by atoms with Crippen LogP contribution >= 0.6 is 0 Å². The van der Waals surface area contributed by atoms with Crippen molar-refractivity contribution < 1.29 is 14.6 Å². The van der Waals surface area contributed by atoms with Gasteiger partial charge in [-0.1, -0.05) is 0 Å². The number of aliphatic hydroxyl groups is 1. The number of nitrogens with one attached hydrogen (secondary N) is 2. The predicted molar refractivity (Wildman–Crippen MR) is 113 cm³/mol. The molecular formula is C21H21N5O3. The number of aliphatic hydroxyl groups excluding tert-OH is 1. The van der Waals surface area contributed by atoms with Crippen LogP contribution in [-0.2, 0) is 11.8 Å². The van der Waals surface area contributed by atoms with E-state index in [0.717, 1.165) is 16.7 Å². The molecule has 0 saturated carbocycles. The number of ether oxygens (including phenoxy) is 1. The molecule has 1 amide bonds. The van der Waals surface area contributed by atoms with Gasteiger partial charge >= 0.3 is 0 Å². The number of amides is 1. The largest absolute Gasteiger partial charge is 0.509 e. The minimum Gasteiger partial charge on any atom is -0.509 e. The normalized spacial score (nSPS) is 14.0. The number of aromatic nitrogens is 2. The van der Waals surface area contributed by atoms with Crippen molar-refractivity contribution in [3.63, 3.8) is 0 Å². The number of methoxy groups -OCH3 is 1. The molecule has 0 radical (unpaired) electrons. The van der Waals surface area contributed by atoms with Crippen LogP contribution in [0.25, 0.3) is 16.6 Å². The van der Waals surface area contributed by atoms with Crippen molar-refractivity contribution in [2.24, 2.45) is 7.05 Å². The van der Waals surface area contributed by atoms with Crippen LogP contribution in [0.5, 0.6) is 5.75 Å². The fraction of sp³-hybridized carbons (Fsp3) is 0.190. The quantitative estimate of drug-likeness (QED) is 0.633. The van der Waals surface area contributed by atoms with Crippen LogP contribution in [0.4, 0.5) is 11.4 Å². The first-order valence-electron chi connectivity index (χ1n) is 9.06. The maximum atomic E-state index is 11.2. The summed E-state index contributed by atoms with van der Waals surface area (Å²) in [4.78, 5) is 17.5. The van der Waals surface area contributed by atoms with Crippen LogP contribution in [0.1, 0.15) is 12.7 Å². The molecule has 2 aromatic carbocycles. The van der Waals surface area contributed by atoms with E-state index in [-0.39, 0.29) is 24.0 Å². The van der Waals surface area contributed by atoms with Crippen LogP contribution in [0.2, 0.25) is 0 Å². The van der Waals surface area contributed by atoms with E-state index in [2.05, 4.69) is 10.3 Å². The molecule has 0 bridgehead atoms. The highest BCUT2D eigenvalue weighted by Gasteiger charge is 2.32. The number of hydrogen-bond donors (Lipinski definition) is 3. The molecule has 8 nitrogen and oxygen atoms in total. The Morgan fingerprint density at radius 2 is 1.97 bits per heavy atom. The van der Waals surface area contributed by atoms with E-state index in [1.807, 2.05) is 29.8 Å². The minimum atomic E-state index is -0.147. The third-order valence-corrected chi connectivity index (χ3v) is 4.91. The number of imidazole rings is 1. The molecule has 0 saturated heterocycles. The smallest absolute Gasteiger partial charge is 0.221 e. The molecule has 0 unspecified atom stereocenters. The van der Waals surface area contributed by atoms with Gasteiger partial charge in [-0.25, -0.2) is 4.98 Å². The van der Waals surface area contributed by atoms with E-state index < -0.39 is 0 Å². The second kappa shape index (κ2) is 6.97. The lowest BCUT2D eigenvalue weighted by Gasteiger charge is -2.19. The summed E-state index contributed by atoms with van der Waals surface area (Å²) in [5.74, 6) is 1.33. The number of hydrogen-bond acceptors (Lipinski definition) is 5. The molecule has 4 rings (SSSR count). The van der Waals surface area contributed by atoms with Crippen molar-refractivity contribution in [1.82, 2.24) is 9.55 Å². The minimum absolute atomic E-state index is 0.0892.